The Bertz CT molecular complexity index is 1710. The van der Waals surface area contributed by atoms with Gasteiger partial charge in [0.25, 0.3) is 5.56 Å². The van der Waals surface area contributed by atoms with Gasteiger partial charge >= 0.3 is 5.97 Å². The molecule has 5 rings (SSSR count). The number of phenolic OH excluding ortho intramolecular Hbond substituents is 1. The maximum atomic E-state index is 13.9. The van der Waals surface area contributed by atoms with Gasteiger partial charge in [-0.3, -0.25) is 9.36 Å². The van der Waals surface area contributed by atoms with Crippen molar-refractivity contribution in [1.82, 2.24) is 4.57 Å². The van der Waals surface area contributed by atoms with Crippen molar-refractivity contribution >= 4 is 34.2 Å². The molecular formula is C28H24N2O5S. The highest BCUT2D eigenvalue weighted by Gasteiger charge is 2.36. The first-order chi connectivity index (χ1) is 17.4. The van der Waals surface area contributed by atoms with E-state index in [0.29, 0.717) is 31.9 Å². The third-order valence-electron chi connectivity index (χ3n) is 6.16. The van der Waals surface area contributed by atoms with Crippen LogP contribution in [0.4, 0.5) is 0 Å². The molecule has 2 heterocycles. The number of carbonyl (C=O) groups excluding carboxylic acids is 1. The molecule has 7 nitrogen and oxygen atoms in total. The standard InChI is InChI=1S/C28H24N2O5S/c1-4-35-27(33)23-16(2)29-28-30(26(32)22(36-28)15-18-10-6-8-12-20(18)31)25(23)24-19-11-7-5-9-17(19)13-14-21(24)34-3/h5-15,25,31H,4H2,1-3H3/b22-15+/t25-/m0/s1. The van der Waals surface area contributed by atoms with Crippen LogP contribution in [0.25, 0.3) is 16.8 Å². The third-order valence-corrected chi connectivity index (χ3v) is 7.15. The zero-order chi connectivity index (χ0) is 25.4. The van der Waals surface area contributed by atoms with Crippen LogP contribution in [0.5, 0.6) is 11.5 Å². The molecule has 8 heteroatoms. The lowest BCUT2D eigenvalue weighted by Crippen LogP contribution is -2.40. The number of benzene rings is 3. The predicted octanol–water partition coefficient (Wildman–Crippen LogP) is 3.67. The van der Waals surface area contributed by atoms with Crippen LogP contribution in [0.1, 0.15) is 31.0 Å². The largest absolute Gasteiger partial charge is 0.507 e. The van der Waals surface area contributed by atoms with Crippen molar-refractivity contribution in [2.75, 3.05) is 13.7 Å². The van der Waals surface area contributed by atoms with E-state index < -0.39 is 12.0 Å². The number of nitrogens with zero attached hydrogens (tertiary/aromatic N) is 2. The maximum absolute atomic E-state index is 13.9. The lowest BCUT2D eigenvalue weighted by atomic mass is 9.90. The van der Waals surface area contributed by atoms with Gasteiger partial charge in [-0.15, -0.1) is 0 Å². The topological polar surface area (TPSA) is 90.1 Å². The molecule has 0 fully saturated rings. The number of methoxy groups -OCH3 is 1. The van der Waals surface area contributed by atoms with Gasteiger partial charge in [-0.1, -0.05) is 59.9 Å². The molecule has 0 spiro atoms. The molecule has 1 aliphatic rings. The van der Waals surface area contributed by atoms with Crippen LogP contribution in [0, 0.1) is 0 Å². The van der Waals surface area contributed by atoms with Gasteiger partial charge < -0.3 is 14.6 Å². The van der Waals surface area contributed by atoms with Crippen LogP contribution in [0.15, 0.2) is 81.7 Å². The minimum atomic E-state index is -0.812. The van der Waals surface area contributed by atoms with Crippen molar-refractivity contribution in [2.24, 2.45) is 4.99 Å². The van der Waals surface area contributed by atoms with Crippen LogP contribution in [-0.4, -0.2) is 29.4 Å². The number of ether oxygens (including phenoxy) is 2. The fourth-order valence-electron chi connectivity index (χ4n) is 4.55. The number of carbonyl (C=O) groups is 1. The molecule has 0 aliphatic carbocycles. The van der Waals surface area contributed by atoms with Crippen molar-refractivity contribution in [3.05, 3.63) is 103 Å². The molecule has 1 aliphatic heterocycles. The summed E-state index contributed by atoms with van der Waals surface area (Å²) in [5.41, 5.74) is 1.64. The molecule has 1 aromatic heterocycles. The zero-order valence-corrected chi connectivity index (χ0v) is 20.8. The number of hydrogen-bond donors (Lipinski definition) is 1. The summed E-state index contributed by atoms with van der Waals surface area (Å²) in [5.74, 6) is 0.0817. The molecule has 182 valence electrons. The second-order valence-electron chi connectivity index (χ2n) is 8.26. The van der Waals surface area contributed by atoms with Gasteiger partial charge in [0.2, 0.25) is 0 Å². The highest BCUT2D eigenvalue weighted by molar-refractivity contribution is 7.07. The number of aromatic hydroxyl groups is 1. The van der Waals surface area contributed by atoms with Gasteiger partial charge in [0.05, 0.1) is 29.5 Å². The highest BCUT2D eigenvalue weighted by Crippen LogP contribution is 2.40. The number of hydrogen-bond acceptors (Lipinski definition) is 7. The maximum Gasteiger partial charge on any atom is 0.338 e. The normalized spacial score (nSPS) is 15.5. The van der Waals surface area contributed by atoms with Gasteiger partial charge in [0.15, 0.2) is 4.80 Å². The van der Waals surface area contributed by atoms with Gasteiger partial charge in [-0.05, 0) is 42.8 Å². The molecule has 0 radical (unpaired) electrons. The van der Waals surface area contributed by atoms with Crippen molar-refractivity contribution in [2.45, 2.75) is 19.9 Å². The summed E-state index contributed by atoms with van der Waals surface area (Å²) < 4.78 is 13.1. The van der Waals surface area contributed by atoms with Crippen LogP contribution < -0.4 is 19.6 Å². The monoisotopic (exact) mass is 500 g/mol. The third kappa shape index (κ3) is 3.89. The average molecular weight is 501 g/mol. The van der Waals surface area contributed by atoms with Gasteiger partial charge in [0, 0.05) is 11.1 Å². The van der Waals surface area contributed by atoms with E-state index in [1.807, 2.05) is 36.4 Å². The fourth-order valence-corrected chi connectivity index (χ4v) is 5.59. The SMILES string of the molecule is CCOC(=O)C1=C(C)N=c2s/c(=C/c3ccccc3O)c(=O)n2[C@@H]1c1c(OC)ccc2ccccc12. The molecule has 1 N–H and O–H groups in total. The Kier molecular flexibility index (Phi) is 6.20. The molecule has 0 unspecified atom stereocenters. The van der Waals surface area contributed by atoms with E-state index in [1.165, 1.54) is 15.9 Å². The Balaban J connectivity index is 1.87. The van der Waals surface area contributed by atoms with E-state index in [4.69, 9.17) is 9.47 Å². The summed E-state index contributed by atoms with van der Waals surface area (Å²) >= 11 is 1.20. The van der Waals surface area contributed by atoms with Crippen LogP contribution in [-0.2, 0) is 9.53 Å². The Morgan fingerprint density at radius 3 is 2.64 bits per heavy atom. The van der Waals surface area contributed by atoms with Crippen molar-refractivity contribution in [1.29, 1.82) is 0 Å². The molecule has 0 saturated heterocycles. The second kappa shape index (κ2) is 9.47. The number of para-hydroxylation sites is 1. The number of thiazole rings is 1. The smallest absolute Gasteiger partial charge is 0.338 e. The Morgan fingerprint density at radius 2 is 1.89 bits per heavy atom. The van der Waals surface area contributed by atoms with Crippen LogP contribution in [0.2, 0.25) is 0 Å². The van der Waals surface area contributed by atoms with E-state index in [1.54, 1.807) is 51.3 Å². The van der Waals surface area contributed by atoms with Gasteiger partial charge in [-0.25, -0.2) is 9.79 Å². The van der Waals surface area contributed by atoms with E-state index >= 15 is 0 Å². The summed E-state index contributed by atoms with van der Waals surface area (Å²) in [5, 5.41) is 12.1. The molecule has 3 aromatic carbocycles. The molecular weight excluding hydrogens is 476 g/mol. The minimum Gasteiger partial charge on any atom is -0.507 e. The van der Waals surface area contributed by atoms with E-state index in [0.717, 1.165) is 10.8 Å². The summed E-state index contributed by atoms with van der Waals surface area (Å²) in [7, 11) is 1.57. The molecule has 4 aromatic rings. The summed E-state index contributed by atoms with van der Waals surface area (Å²) in [6.07, 6.45) is 1.64. The van der Waals surface area contributed by atoms with E-state index in [-0.39, 0.29) is 23.5 Å². The summed E-state index contributed by atoms with van der Waals surface area (Å²) in [6.45, 7) is 3.67. The predicted molar refractivity (Wildman–Crippen MR) is 139 cm³/mol. The Hall–Kier alpha value is -4.17. The first kappa shape index (κ1) is 23.6. The average Bonchev–Trinajstić information content (AvgIpc) is 3.18. The number of fused-ring (bicyclic) bond motifs is 2. The summed E-state index contributed by atoms with van der Waals surface area (Å²) in [4.78, 5) is 32.2. The second-order valence-corrected chi connectivity index (χ2v) is 9.27. The van der Waals surface area contributed by atoms with Gasteiger partial charge in [0.1, 0.15) is 17.5 Å². The molecule has 36 heavy (non-hydrogen) atoms. The highest BCUT2D eigenvalue weighted by atomic mass is 32.1. The molecule has 0 bridgehead atoms. The number of esters is 1. The Labute approximate surface area is 210 Å². The van der Waals surface area contributed by atoms with Crippen molar-refractivity contribution < 1.29 is 19.4 Å². The first-order valence-electron chi connectivity index (χ1n) is 11.5. The minimum absolute atomic E-state index is 0.0685. The number of rotatable bonds is 5. The number of allylic oxidation sites excluding steroid dienone is 1. The number of phenols is 1. The van der Waals surface area contributed by atoms with E-state index in [9.17, 15) is 14.7 Å². The number of aromatic nitrogens is 1. The van der Waals surface area contributed by atoms with Gasteiger partial charge in [-0.2, -0.15) is 0 Å². The molecule has 1 atom stereocenters. The molecule has 0 amide bonds. The molecule has 0 saturated carbocycles. The quantitative estimate of drug-likeness (QED) is 0.423. The Morgan fingerprint density at radius 1 is 1.14 bits per heavy atom. The fraction of sp³-hybridized carbons (Fsp3) is 0.179. The zero-order valence-electron chi connectivity index (χ0n) is 20.0. The lowest BCUT2D eigenvalue weighted by molar-refractivity contribution is -0.139. The van der Waals surface area contributed by atoms with Crippen LogP contribution in [0.3, 0.4) is 0 Å². The lowest BCUT2D eigenvalue weighted by Gasteiger charge is -2.27. The van der Waals surface area contributed by atoms with Crippen molar-refractivity contribution in [3.63, 3.8) is 0 Å². The summed E-state index contributed by atoms with van der Waals surface area (Å²) in [6, 6.07) is 17.5. The van der Waals surface area contributed by atoms with Crippen LogP contribution >= 0.6 is 11.3 Å². The van der Waals surface area contributed by atoms with Crippen molar-refractivity contribution in [3.8, 4) is 11.5 Å². The van der Waals surface area contributed by atoms with E-state index in [2.05, 4.69) is 4.99 Å². The first-order valence-corrected chi connectivity index (χ1v) is 12.3.